The molecule has 0 aromatic heterocycles. The van der Waals surface area contributed by atoms with Gasteiger partial charge < -0.3 is 9.84 Å². The van der Waals surface area contributed by atoms with Crippen molar-refractivity contribution in [2.75, 3.05) is 7.11 Å². The van der Waals surface area contributed by atoms with Gasteiger partial charge in [0, 0.05) is 8.04 Å². The van der Waals surface area contributed by atoms with Crippen molar-refractivity contribution >= 4 is 44.5 Å². The molecule has 1 aromatic carbocycles. The van der Waals surface area contributed by atoms with Gasteiger partial charge in [0.25, 0.3) is 0 Å². The van der Waals surface area contributed by atoms with Gasteiger partial charge in [0.2, 0.25) is 0 Å². The van der Waals surface area contributed by atoms with Crippen LogP contribution in [0.1, 0.15) is 10.4 Å². The van der Waals surface area contributed by atoms with Crippen LogP contribution < -0.4 is 4.74 Å². The van der Waals surface area contributed by atoms with E-state index >= 15 is 0 Å². The molecule has 0 amide bonds. The second-order valence-electron chi connectivity index (χ2n) is 2.27. The topological polar surface area (TPSA) is 46.5 Å². The Kier molecular flexibility index (Phi) is 3.55. The van der Waals surface area contributed by atoms with Crippen LogP contribution in [0.3, 0.4) is 0 Å². The summed E-state index contributed by atoms with van der Waals surface area (Å²) in [5.74, 6) is -0.617. The average Bonchev–Trinajstić information content (AvgIpc) is 2.08. The van der Waals surface area contributed by atoms with Crippen molar-refractivity contribution < 1.29 is 14.6 Å². The van der Waals surface area contributed by atoms with E-state index in [4.69, 9.17) is 9.84 Å². The fourth-order valence-electron chi connectivity index (χ4n) is 0.865. The van der Waals surface area contributed by atoms with E-state index in [1.807, 2.05) is 0 Å². The number of hydrogen-bond donors (Lipinski definition) is 1. The Morgan fingerprint density at radius 2 is 2.23 bits per heavy atom. The number of ether oxygens (including phenoxy) is 1. The van der Waals surface area contributed by atoms with Gasteiger partial charge in [-0.2, -0.15) is 0 Å². The predicted octanol–water partition coefficient (Wildman–Crippen LogP) is 2.76. The van der Waals surface area contributed by atoms with E-state index in [0.717, 1.165) is 8.04 Å². The minimum atomic E-state index is -0.992. The number of carbonyl (C=O) groups is 1. The van der Waals surface area contributed by atoms with Crippen LogP contribution in [-0.4, -0.2) is 18.2 Å². The van der Waals surface area contributed by atoms with Crippen LogP contribution in [-0.2, 0) is 0 Å². The van der Waals surface area contributed by atoms with Crippen LogP contribution in [0.2, 0.25) is 0 Å². The third-order valence-electron chi connectivity index (χ3n) is 1.47. The molecule has 0 saturated heterocycles. The molecule has 5 heteroatoms. The molecule has 0 aliphatic rings. The second-order valence-corrected chi connectivity index (χ2v) is 4.29. The Morgan fingerprint density at radius 3 is 2.69 bits per heavy atom. The van der Waals surface area contributed by atoms with Gasteiger partial charge in [0.1, 0.15) is 11.3 Å². The number of carboxylic acid groups (broad SMARTS) is 1. The number of benzene rings is 1. The molecular formula is C8H6BrIO3. The predicted molar refractivity (Wildman–Crippen MR) is 60.4 cm³/mol. The van der Waals surface area contributed by atoms with Gasteiger partial charge >= 0.3 is 5.97 Å². The van der Waals surface area contributed by atoms with E-state index in [1.165, 1.54) is 13.2 Å². The van der Waals surface area contributed by atoms with Crippen molar-refractivity contribution in [1.82, 2.24) is 0 Å². The Balaban J connectivity index is 3.33. The van der Waals surface area contributed by atoms with Crippen LogP contribution in [0.15, 0.2) is 16.6 Å². The number of hydrogen-bond acceptors (Lipinski definition) is 2. The molecule has 0 bridgehead atoms. The highest BCUT2D eigenvalue weighted by atomic mass is 127. The van der Waals surface area contributed by atoms with Crippen molar-refractivity contribution in [2.45, 2.75) is 0 Å². The Hall–Kier alpha value is -0.300. The Bertz CT molecular complexity index is 351. The lowest BCUT2D eigenvalue weighted by atomic mass is 10.2. The van der Waals surface area contributed by atoms with Gasteiger partial charge in [-0.15, -0.1) is 0 Å². The molecule has 0 atom stereocenters. The summed E-state index contributed by atoms with van der Waals surface area (Å²) in [6.45, 7) is 0. The van der Waals surface area contributed by atoms with Crippen LogP contribution >= 0.6 is 38.5 Å². The summed E-state index contributed by atoms with van der Waals surface area (Å²) in [6, 6.07) is 3.21. The van der Waals surface area contributed by atoms with Crippen molar-refractivity contribution in [3.05, 3.63) is 25.7 Å². The van der Waals surface area contributed by atoms with Gasteiger partial charge in [0.15, 0.2) is 0 Å². The fourth-order valence-corrected chi connectivity index (χ4v) is 1.65. The van der Waals surface area contributed by atoms with E-state index in [2.05, 4.69) is 38.5 Å². The molecule has 0 aliphatic heterocycles. The molecule has 0 heterocycles. The van der Waals surface area contributed by atoms with Crippen molar-refractivity contribution in [3.8, 4) is 5.75 Å². The summed E-state index contributed by atoms with van der Waals surface area (Å²) >= 11 is 5.34. The fraction of sp³-hybridized carbons (Fsp3) is 0.125. The first kappa shape index (κ1) is 10.8. The average molecular weight is 357 g/mol. The summed E-state index contributed by atoms with van der Waals surface area (Å²) in [6.07, 6.45) is 0. The second kappa shape index (κ2) is 4.28. The Labute approximate surface area is 97.4 Å². The summed E-state index contributed by atoms with van der Waals surface area (Å²) < 4.78 is 6.61. The highest BCUT2D eigenvalue weighted by molar-refractivity contribution is 14.1. The maximum absolute atomic E-state index is 10.7. The lowest BCUT2D eigenvalue weighted by Gasteiger charge is -2.06. The zero-order chi connectivity index (χ0) is 10.0. The molecule has 1 rings (SSSR count). The van der Waals surface area contributed by atoms with Gasteiger partial charge in [-0.1, -0.05) is 0 Å². The van der Waals surface area contributed by atoms with E-state index < -0.39 is 5.97 Å². The van der Waals surface area contributed by atoms with Crippen LogP contribution in [0, 0.1) is 3.57 Å². The number of carboxylic acids is 1. The lowest BCUT2D eigenvalue weighted by molar-refractivity contribution is 0.0693. The molecule has 0 spiro atoms. The molecule has 3 nitrogen and oxygen atoms in total. The standard InChI is InChI=1S/C8H6BrIO3/c1-13-7-3-6(10)5(9)2-4(7)8(11)12/h2-3H,1H3,(H,11,12). The summed E-state index contributed by atoms with van der Waals surface area (Å²) in [5, 5.41) is 8.81. The van der Waals surface area contributed by atoms with Crippen molar-refractivity contribution in [3.63, 3.8) is 0 Å². The van der Waals surface area contributed by atoms with E-state index in [0.29, 0.717) is 5.75 Å². The highest BCUT2D eigenvalue weighted by Gasteiger charge is 2.13. The molecule has 0 unspecified atom stereocenters. The number of methoxy groups -OCH3 is 1. The quantitative estimate of drug-likeness (QED) is 0.829. The maximum atomic E-state index is 10.7. The molecule has 0 fully saturated rings. The minimum Gasteiger partial charge on any atom is -0.496 e. The van der Waals surface area contributed by atoms with Crippen LogP contribution in [0.25, 0.3) is 0 Å². The van der Waals surface area contributed by atoms with E-state index in [9.17, 15) is 4.79 Å². The number of halogens is 2. The molecule has 1 N–H and O–H groups in total. The monoisotopic (exact) mass is 356 g/mol. The normalized spacial score (nSPS) is 9.77. The molecule has 0 radical (unpaired) electrons. The first-order chi connectivity index (χ1) is 6.06. The number of rotatable bonds is 2. The van der Waals surface area contributed by atoms with Crippen LogP contribution in [0.4, 0.5) is 0 Å². The molecular weight excluding hydrogens is 351 g/mol. The van der Waals surface area contributed by atoms with E-state index in [-0.39, 0.29) is 5.56 Å². The number of aromatic carboxylic acids is 1. The molecule has 0 aliphatic carbocycles. The van der Waals surface area contributed by atoms with Crippen LogP contribution in [0.5, 0.6) is 5.75 Å². The first-order valence-electron chi connectivity index (χ1n) is 3.32. The third kappa shape index (κ3) is 2.34. The zero-order valence-corrected chi connectivity index (χ0v) is 10.4. The smallest absolute Gasteiger partial charge is 0.339 e. The first-order valence-corrected chi connectivity index (χ1v) is 5.19. The summed E-state index contributed by atoms with van der Waals surface area (Å²) in [4.78, 5) is 10.7. The van der Waals surface area contributed by atoms with Crippen molar-refractivity contribution in [2.24, 2.45) is 0 Å². The molecule has 70 valence electrons. The maximum Gasteiger partial charge on any atom is 0.339 e. The lowest BCUT2D eigenvalue weighted by Crippen LogP contribution is -2.01. The largest absolute Gasteiger partial charge is 0.496 e. The van der Waals surface area contributed by atoms with Gasteiger partial charge in [0.05, 0.1) is 7.11 Å². The summed E-state index contributed by atoms with van der Waals surface area (Å²) in [7, 11) is 1.45. The van der Waals surface area contributed by atoms with Gasteiger partial charge in [-0.25, -0.2) is 4.79 Å². The minimum absolute atomic E-state index is 0.162. The molecule has 13 heavy (non-hydrogen) atoms. The Morgan fingerprint density at radius 1 is 1.62 bits per heavy atom. The molecule has 1 aromatic rings. The van der Waals surface area contributed by atoms with Gasteiger partial charge in [-0.3, -0.25) is 0 Å². The SMILES string of the molecule is COc1cc(I)c(Br)cc1C(=O)O. The summed E-state index contributed by atoms with van der Waals surface area (Å²) in [5.41, 5.74) is 0.162. The van der Waals surface area contributed by atoms with Gasteiger partial charge in [-0.05, 0) is 50.7 Å². The zero-order valence-electron chi connectivity index (χ0n) is 6.67. The highest BCUT2D eigenvalue weighted by Crippen LogP contribution is 2.28. The van der Waals surface area contributed by atoms with Crippen molar-refractivity contribution in [1.29, 1.82) is 0 Å². The molecule has 0 saturated carbocycles. The third-order valence-corrected chi connectivity index (χ3v) is 3.76. The van der Waals surface area contributed by atoms with E-state index in [1.54, 1.807) is 6.07 Å².